The predicted octanol–water partition coefficient (Wildman–Crippen LogP) is -0.0106. The molecule has 1 heterocycles. The van der Waals surface area contributed by atoms with Crippen LogP contribution in [0.5, 0.6) is 0 Å². The molecule has 0 fully saturated rings. The van der Waals surface area contributed by atoms with Gasteiger partial charge in [-0.2, -0.15) is 0 Å². The molecule has 100 valence electrons. The Morgan fingerprint density at radius 2 is 2.22 bits per heavy atom. The molecule has 1 aromatic heterocycles. The third kappa shape index (κ3) is 4.54. The van der Waals surface area contributed by atoms with E-state index in [1.165, 1.54) is 4.90 Å². The van der Waals surface area contributed by atoms with Gasteiger partial charge in [-0.05, 0) is 14.0 Å². The van der Waals surface area contributed by atoms with Crippen molar-refractivity contribution in [1.29, 1.82) is 0 Å². The molecule has 18 heavy (non-hydrogen) atoms. The topological polar surface area (TPSA) is 87.5 Å². The van der Waals surface area contributed by atoms with E-state index < -0.39 is 0 Å². The average molecular weight is 254 g/mol. The molecule has 0 radical (unpaired) electrons. The number of aromatic nitrogens is 1. The third-order valence-corrected chi connectivity index (χ3v) is 2.29. The van der Waals surface area contributed by atoms with Gasteiger partial charge in [-0.3, -0.25) is 9.59 Å². The van der Waals surface area contributed by atoms with Gasteiger partial charge in [0.15, 0.2) is 5.82 Å². The zero-order valence-electron chi connectivity index (χ0n) is 10.8. The smallest absolute Gasteiger partial charge is 0.245 e. The highest BCUT2D eigenvalue weighted by Gasteiger charge is 2.13. The zero-order valence-corrected chi connectivity index (χ0v) is 10.8. The van der Waals surface area contributed by atoms with Gasteiger partial charge in [0.05, 0.1) is 6.54 Å². The van der Waals surface area contributed by atoms with Gasteiger partial charge in [0.25, 0.3) is 0 Å². The van der Waals surface area contributed by atoms with E-state index in [0.717, 1.165) is 0 Å². The van der Waals surface area contributed by atoms with Crippen LogP contribution in [0, 0.1) is 6.92 Å². The standard InChI is InChI=1S/C11H18N4O3/c1-8-6-9(14-18-8)13-10(16)7-15(3)11(17)4-5-12-2/h6,12H,4-5,7H2,1-3H3,(H,13,14,16). The lowest BCUT2D eigenvalue weighted by molar-refractivity contribution is -0.133. The Labute approximate surface area is 105 Å². The fraction of sp³-hybridized carbons (Fsp3) is 0.545. The normalized spacial score (nSPS) is 10.2. The molecule has 0 aliphatic heterocycles. The highest BCUT2D eigenvalue weighted by atomic mass is 16.5. The van der Waals surface area contributed by atoms with Crippen LogP contribution in [0.15, 0.2) is 10.6 Å². The monoisotopic (exact) mass is 254 g/mol. The highest BCUT2D eigenvalue weighted by Crippen LogP contribution is 2.06. The fourth-order valence-electron chi connectivity index (χ4n) is 1.33. The van der Waals surface area contributed by atoms with E-state index in [0.29, 0.717) is 24.5 Å². The predicted molar refractivity (Wildman–Crippen MR) is 66.1 cm³/mol. The van der Waals surface area contributed by atoms with Crippen LogP contribution in [-0.4, -0.2) is 49.1 Å². The van der Waals surface area contributed by atoms with E-state index in [-0.39, 0.29) is 18.4 Å². The average Bonchev–Trinajstić information content (AvgIpc) is 2.71. The van der Waals surface area contributed by atoms with Crippen molar-refractivity contribution in [3.8, 4) is 0 Å². The molecular formula is C11H18N4O3. The van der Waals surface area contributed by atoms with Gasteiger partial charge >= 0.3 is 0 Å². The van der Waals surface area contributed by atoms with Crippen LogP contribution in [0.4, 0.5) is 5.82 Å². The van der Waals surface area contributed by atoms with Crippen LogP contribution in [0.25, 0.3) is 0 Å². The van der Waals surface area contributed by atoms with Crippen molar-refractivity contribution in [1.82, 2.24) is 15.4 Å². The molecule has 0 atom stereocenters. The van der Waals surface area contributed by atoms with Gasteiger partial charge in [-0.25, -0.2) is 0 Å². The van der Waals surface area contributed by atoms with Crippen LogP contribution < -0.4 is 10.6 Å². The number of likely N-dealkylation sites (N-methyl/N-ethyl adjacent to an activating group) is 1. The Bertz CT molecular complexity index is 416. The molecule has 0 bridgehead atoms. The summed E-state index contributed by atoms with van der Waals surface area (Å²) in [5, 5.41) is 9.07. The fourth-order valence-corrected chi connectivity index (χ4v) is 1.33. The zero-order chi connectivity index (χ0) is 13.5. The quantitative estimate of drug-likeness (QED) is 0.745. The Morgan fingerprint density at radius 3 is 2.78 bits per heavy atom. The summed E-state index contributed by atoms with van der Waals surface area (Å²) < 4.78 is 4.82. The minimum atomic E-state index is -0.302. The van der Waals surface area contributed by atoms with Gasteiger partial charge in [-0.15, -0.1) is 0 Å². The Kier molecular flexibility index (Phi) is 5.31. The molecule has 0 saturated heterocycles. The maximum Gasteiger partial charge on any atom is 0.245 e. The van der Waals surface area contributed by atoms with E-state index in [1.807, 2.05) is 0 Å². The largest absolute Gasteiger partial charge is 0.360 e. The lowest BCUT2D eigenvalue weighted by atomic mass is 10.3. The first-order valence-corrected chi connectivity index (χ1v) is 5.64. The maximum atomic E-state index is 11.6. The first-order chi connectivity index (χ1) is 8.52. The van der Waals surface area contributed by atoms with Gasteiger partial charge < -0.3 is 20.1 Å². The van der Waals surface area contributed by atoms with Crippen molar-refractivity contribution in [2.45, 2.75) is 13.3 Å². The molecule has 7 nitrogen and oxygen atoms in total. The van der Waals surface area contributed by atoms with Crippen molar-refractivity contribution < 1.29 is 14.1 Å². The molecule has 0 saturated carbocycles. The minimum Gasteiger partial charge on any atom is -0.360 e. The molecule has 0 aromatic carbocycles. The summed E-state index contributed by atoms with van der Waals surface area (Å²) in [7, 11) is 3.36. The molecule has 0 unspecified atom stereocenters. The van der Waals surface area contributed by atoms with E-state index in [2.05, 4.69) is 15.8 Å². The van der Waals surface area contributed by atoms with Crippen LogP contribution in [-0.2, 0) is 9.59 Å². The molecule has 2 N–H and O–H groups in total. The first-order valence-electron chi connectivity index (χ1n) is 5.64. The molecule has 0 aliphatic rings. The van der Waals surface area contributed by atoms with Crippen LogP contribution in [0.1, 0.15) is 12.2 Å². The number of nitrogens with one attached hydrogen (secondary N) is 2. The second-order valence-electron chi connectivity index (χ2n) is 3.97. The lowest BCUT2D eigenvalue weighted by Gasteiger charge is -2.15. The Balaban J connectivity index is 2.37. The van der Waals surface area contributed by atoms with Gasteiger partial charge in [-0.1, -0.05) is 5.16 Å². The highest BCUT2D eigenvalue weighted by molar-refractivity contribution is 5.93. The molecule has 1 rings (SSSR count). The number of hydrogen-bond donors (Lipinski definition) is 2. The number of anilines is 1. The van der Waals surface area contributed by atoms with Crippen molar-refractivity contribution in [2.24, 2.45) is 0 Å². The third-order valence-electron chi connectivity index (χ3n) is 2.29. The van der Waals surface area contributed by atoms with E-state index >= 15 is 0 Å². The summed E-state index contributed by atoms with van der Waals surface area (Å²) in [6.45, 7) is 2.32. The van der Waals surface area contributed by atoms with Crippen molar-refractivity contribution in [3.05, 3.63) is 11.8 Å². The summed E-state index contributed by atoms with van der Waals surface area (Å²) in [4.78, 5) is 24.5. The van der Waals surface area contributed by atoms with Gasteiger partial charge in [0.2, 0.25) is 11.8 Å². The van der Waals surface area contributed by atoms with Crippen molar-refractivity contribution >= 4 is 17.6 Å². The molecule has 0 aliphatic carbocycles. The SMILES string of the molecule is CNCCC(=O)N(C)CC(=O)Nc1cc(C)on1. The Hall–Kier alpha value is -1.89. The first kappa shape index (κ1) is 14.2. The van der Waals surface area contributed by atoms with E-state index in [4.69, 9.17) is 4.52 Å². The van der Waals surface area contributed by atoms with Crippen LogP contribution in [0.2, 0.25) is 0 Å². The number of hydrogen-bond acceptors (Lipinski definition) is 5. The maximum absolute atomic E-state index is 11.6. The molecule has 7 heteroatoms. The van der Waals surface area contributed by atoms with Gasteiger partial charge in [0, 0.05) is 26.1 Å². The minimum absolute atomic E-state index is 0.00550. The van der Waals surface area contributed by atoms with Crippen LogP contribution in [0.3, 0.4) is 0 Å². The number of rotatable bonds is 6. The van der Waals surface area contributed by atoms with Crippen LogP contribution >= 0.6 is 0 Å². The summed E-state index contributed by atoms with van der Waals surface area (Å²) in [5.41, 5.74) is 0. The van der Waals surface area contributed by atoms with Crippen molar-refractivity contribution in [2.75, 3.05) is 32.5 Å². The second kappa shape index (κ2) is 6.75. The molecule has 1 aromatic rings. The van der Waals surface area contributed by atoms with Crippen molar-refractivity contribution in [3.63, 3.8) is 0 Å². The van der Waals surface area contributed by atoms with Gasteiger partial charge in [0.1, 0.15) is 5.76 Å². The van der Waals surface area contributed by atoms with E-state index in [1.54, 1.807) is 27.1 Å². The molecule has 2 amide bonds. The number of nitrogens with zero attached hydrogens (tertiary/aromatic N) is 2. The lowest BCUT2D eigenvalue weighted by Crippen LogP contribution is -2.36. The summed E-state index contributed by atoms with van der Waals surface area (Å²) >= 11 is 0. The molecule has 0 spiro atoms. The number of aryl methyl sites for hydroxylation is 1. The Morgan fingerprint density at radius 1 is 1.50 bits per heavy atom. The molecular weight excluding hydrogens is 236 g/mol. The number of carbonyl (C=O) groups is 2. The summed E-state index contributed by atoms with van der Waals surface area (Å²) in [6.07, 6.45) is 0.364. The second-order valence-corrected chi connectivity index (χ2v) is 3.97. The number of amides is 2. The number of carbonyl (C=O) groups excluding carboxylic acids is 2. The summed E-state index contributed by atoms with van der Waals surface area (Å²) in [5.74, 6) is 0.580. The summed E-state index contributed by atoms with van der Waals surface area (Å²) in [6, 6.07) is 1.61. The van der Waals surface area contributed by atoms with E-state index in [9.17, 15) is 9.59 Å².